The molecule has 0 saturated heterocycles. The van der Waals surface area contributed by atoms with Gasteiger partial charge in [-0.3, -0.25) is 4.72 Å². The summed E-state index contributed by atoms with van der Waals surface area (Å²) in [5, 5.41) is 0.450. The van der Waals surface area contributed by atoms with Crippen LogP contribution in [0.1, 0.15) is 33.6 Å². The topological polar surface area (TPSA) is 85.4 Å². The third kappa shape index (κ3) is 3.69. The fourth-order valence-corrected chi connectivity index (χ4v) is 5.84. The van der Waals surface area contributed by atoms with Gasteiger partial charge in [0.2, 0.25) is 0 Å². The number of nitrogens with one attached hydrogen (secondary N) is 1. The van der Waals surface area contributed by atoms with E-state index < -0.39 is 16.0 Å². The van der Waals surface area contributed by atoms with E-state index in [9.17, 15) is 13.2 Å². The first-order chi connectivity index (χ1) is 11.8. The van der Waals surface area contributed by atoms with Gasteiger partial charge in [-0.15, -0.1) is 11.3 Å². The van der Waals surface area contributed by atoms with Gasteiger partial charge < -0.3 is 4.74 Å². The van der Waals surface area contributed by atoms with E-state index in [0.29, 0.717) is 10.0 Å². The van der Waals surface area contributed by atoms with E-state index in [1.807, 2.05) is 0 Å². The van der Waals surface area contributed by atoms with Crippen LogP contribution in [0.15, 0.2) is 21.6 Å². The lowest BCUT2D eigenvalue weighted by molar-refractivity contribution is 0.0601. The molecule has 0 aliphatic heterocycles. The Balaban J connectivity index is 2.03. The number of hydrogen-bond donors (Lipinski definition) is 1. The average molecular weight is 466 g/mol. The summed E-state index contributed by atoms with van der Waals surface area (Å²) in [7, 11) is -2.63. The molecular weight excluding hydrogens is 452 g/mol. The molecule has 2 aromatic rings. The van der Waals surface area contributed by atoms with Crippen LogP contribution >= 0.6 is 38.9 Å². The molecule has 6 nitrogen and oxygen atoms in total. The molecule has 134 valence electrons. The minimum atomic E-state index is -3.91. The van der Waals surface area contributed by atoms with Crippen molar-refractivity contribution in [3.8, 4) is 0 Å². The van der Waals surface area contributed by atoms with Gasteiger partial charge in [-0.25, -0.2) is 18.2 Å². The van der Waals surface area contributed by atoms with Gasteiger partial charge >= 0.3 is 5.97 Å². The van der Waals surface area contributed by atoms with E-state index >= 15 is 0 Å². The smallest absolute Gasteiger partial charge is 0.341 e. The Kier molecular flexibility index (Phi) is 5.38. The summed E-state index contributed by atoms with van der Waals surface area (Å²) in [4.78, 5) is 17.0. The maximum absolute atomic E-state index is 12.7. The van der Waals surface area contributed by atoms with Crippen LogP contribution in [-0.4, -0.2) is 26.5 Å². The van der Waals surface area contributed by atoms with Crippen LogP contribution in [-0.2, 0) is 27.6 Å². The maximum atomic E-state index is 12.7. The minimum absolute atomic E-state index is 0.0500. The number of aryl methyl sites for hydroxylation is 1. The number of hydrogen-bond acceptors (Lipinski definition) is 6. The third-order valence-corrected chi connectivity index (χ3v) is 7.66. The number of esters is 1. The number of methoxy groups -OCH3 is 1. The second-order valence-corrected chi connectivity index (χ2v) is 9.46. The second-order valence-electron chi connectivity index (χ2n) is 5.46. The van der Waals surface area contributed by atoms with Crippen molar-refractivity contribution < 1.29 is 17.9 Å². The molecule has 25 heavy (non-hydrogen) atoms. The highest BCUT2D eigenvalue weighted by Crippen LogP contribution is 2.39. The van der Waals surface area contributed by atoms with Crippen LogP contribution in [0.2, 0.25) is 5.15 Å². The lowest BCUT2D eigenvalue weighted by atomic mass is 9.95. The highest BCUT2D eigenvalue weighted by atomic mass is 79.9. The number of thiophene rings is 1. The average Bonchev–Trinajstić information content (AvgIpc) is 2.93. The summed E-state index contributed by atoms with van der Waals surface area (Å²) in [6.07, 6.45) is 4.73. The maximum Gasteiger partial charge on any atom is 0.341 e. The van der Waals surface area contributed by atoms with Gasteiger partial charge in [0.15, 0.2) is 0 Å². The largest absolute Gasteiger partial charge is 0.465 e. The summed E-state index contributed by atoms with van der Waals surface area (Å²) < 4.78 is 33.1. The zero-order valence-electron chi connectivity index (χ0n) is 13.1. The second kappa shape index (κ2) is 7.22. The Labute approximate surface area is 162 Å². The predicted octanol–water partition coefficient (Wildman–Crippen LogP) is 4.03. The molecule has 2 heterocycles. The van der Waals surface area contributed by atoms with E-state index in [4.69, 9.17) is 16.3 Å². The Morgan fingerprint density at radius 2 is 2.12 bits per heavy atom. The van der Waals surface area contributed by atoms with Gasteiger partial charge in [0.25, 0.3) is 10.0 Å². The molecule has 0 fully saturated rings. The summed E-state index contributed by atoms with van der Waals surface area (Å²) >= 11 is 10.3. The van der Waals surface area contributed by atoms with Crippen molar-refractivity contribution in [2.45, 2.75) is 30.6 Å². The molecule has 0 saturated carbocycles. The number of halogens is 2. The molecule has 0 aromatic carbocycles. The number of carbonyl (C=O) groups excluding carboxylic acids is 1. The van der Waals surface area contributed by atoms with Gasteiger partial charge in [-0.2, -0.15) is 0 Å². The first kappa shape index (κ1) is 18.6. The highest BCUT2D eigenvalue weighted by molar-refractivity contribution is 9.10. The summed E-state index contributed by atoms with van der Waals surface area (Å²) in [5.74, 6) is -0.535. The fraction of sp³-hybridized carbons (Fsp3) is 0.333. The normalized spacial score (nSPS) is 14.0. The molecule has 3 rings (SSSR count). The lowest BCUT2D eigenvalue weighted by Gasteiger charge is -2.12. The van der Waals surface area contributed by atoms with Crippen LogP contribution in [0.4, 0.5) is 5.00 Å². The fourth-order valence-electron chi connectivity index (χ4n) is 2.69. The SMILES string of the molecule is COC(=O)c1c(NS(=O)(=O)c2cnc(Cl)c(Br)c2)sc2c1CCCC2. The Morgan fingerprint density at radius 1 is 1.40 bits per heavy atom. The first-order valence-corrected chi connectivity index (χ1v) is 10.9. The van der Waals surface area contributed by atoms with Crippen LogP contribution in [0.3, 0.4) is 0 Å². The summed E-state index contributed by atoms with van der Waals surface area (Å²) in [6.45, 7) is 0. The molecule has 0 unspecified atom stereocenters. The molecule has 0 radical (unpaired) electrons. The number of rotatable bonds is 4. The van der Waals surface area contributed by atoms with Gasteiger partial charge in [-0.1, -0.05) is 11.6 Å². The number of anilines is 1. The molecular formula is C15H14BrClN2O4S2. The zero-order chi connectivity index (χ0) is 18.2. The predicted molar refractivity (Wildman–Crippen MR) is 100 cm³/mol. The number of ether oxygens (including phenoxy) is 1. The van der Waals surface area contributed by atoms with Crippen LogP contribution < -0.4 is 4.72 Å². The molecule has 1 aliphatic rings. The molecule has 0 bridgehead atoms. The van der Waals surface area contributed by atoms with Crippen molar-refractivity contribution >= 4 is 59.9 Å². The molecule has 0 atom stereocenters. The molecule has 1 aliphatic carbocycles. The van der Waals surface area contributed by atoms with Gasteiger partial charge in [0, 0.05) is 11.1 Å². The van der Waals surface area contributed by atoms with E-state index in [2.05, 4.69) is 25.6 Å². The molecule has 2 aromatic heterocycles. The van der Waals surface area contributed by atoms with Gasteiger partial charge in [-0.05, 0) is 53.2 Å². The number of aromatic nitrogens is 1. The lowest BCUT2D eigenvalue weighted by Crippen LogP contribution is -2.16. The monoisotopic (exact) mass is 464 g/mol. The molecule has 1 N–H and O–H groups in total. The Morgan fingerprint density at radius 3 is 2.80 bits per heavy atom. The number of nitrogens with zero attached hydrogens (tertiary/aromatic N) is 1. The van der Waals surface area contributed by atoms with Crippen LogP contribution in [0.5, 0.6) is 0 Å². The highest BCUT2D eigenvalue weighted by Gasteiger charge is 2.29. The Bertz CT molecular complexity index is 943. The van der Waals surface area contributed by atoms with E-state index in [1.165, 1.54) is 30.7 Å². The van der Waals surface area contributed by atoms with Gasteiger partial charge in [0.05, 0.1) is 17.1 Å². The van der Waals surface area contributed by atoms with E-state index in [1.54, 1.807) is 0 Å². The molecule has 0 amide bonds. The summed E-state index contributed by atoms with van der Waals surface area (Å²) in [5.41, 5.74) is 1.20. The zero-order valence-corrected chi connectivity index (χ0v) is 17.1. The number of fused-ring (bicyclic) bond motifs is 1. The van der Waals surface area contributed by atoms with E-state index in [0.717, 1.165) is 36.1 Å². The summed E-state index contributed by atoms with van der Waals surface area (Å²) in [6, 6.07) is 1.36. The standard InChI is InChI=1S/C15H14BrClN2O4S2/c1-23-15(20)12-9-4-2-3-5-11(9)24-14(12)19-25(21,22)8-6-10(16)13(17)18-7-8/h6-7,19H,2-5H2,1H3. The van der Waals surface area contributed by atoms with Crippen molar-refractivity contribution in [1.29, 1.82) is 0 Å². The third-order valence-electron chi connectivity index (χ3n) is 3.87. The van der Waals surface area contributed by atoms with Crippen LogP contribution in [0.25, 0.3) is 0 Å². The quantitative estimate of drug-likeness (QED) is 0.544. The van der Waals surface area contributed by atoms with Crippen molar-refractivity contribution in [3.63, 3.8) is 0 Å². The Hall–Kier alpha value is -1.16. The van der Waals surface area contributed by atoms with Crippen molar-refractivity contribution in [2.24, 2.45) is 0 Å². The molecule has 10 heteroatoms. The van der Waals surface area contributed by atoms with Crippen molar-refractivity contribution in [3.05, 3.63) is 37.9 Å². The van der Waals surface area contributed by atoms with Gasteiger partial charge in [0.1, 0.15) is 15.0 Å². The van der Waals surface area contributed by atoms with Crippen molar-refractivity contribution in [1.82, 2.24) is 4.98 Å². The van der Waals surface area contributed by atoms with Crippen molar-refractivity contribution in [2.75, 3.05) is 11.8 Å². The number of sulfonamides is 1. The van der Waals surface area contributed by atoms with E-state index in [-0.39, 0.29) is 15.0 Å². The number of carbonyl (C=O) groups is 1. The number of pyridine rings is 1. The molecule has 0 spiro atoms. The van der Waals surface area contributed by atoms with Crippen LogP contribution in [0, 0.1) is 0 Å². The first-order valence-electron chi connectivity index (χ1n) is 7.40. The minimum Gasteiger partial charge on any atom is -0.465 e.